The maximum Gasteiger partial charge on any atom is 0.266 e. The maximum absolute atomic E-state index is 13.2. The van der Waals surface area contributed by atoms with Crippen LogP contribution < -0.4 is 16.8 Å². The zero-order valence-corrected chi connectivity index (χ0v) is 14.3. The lowest BCUT2D eigenvalue weighted by Gasteiger charge is -2.22. The quantitative estimate of drug-likeness (QED) is 0.588. The highest BCUT2D eigenvalue weighted by molar-refractivity contribution is 6.40. The van der Waals surface area contributed by atoms with Crippen LogP contribution in [0.4, 0.5) is 4.39 Å². The third-order valence-electron chi connectivity index (χ3n) is 3.43. The highest BCUT2D eigenvalue weighted by Crippen LogP contribution is 2.07. The minimum Gasteiger partial charge on any atom is -0.368 e. The van der Waals surface area contributed by atoms with Crippen LogP contribution in [0.5, 0.6) is 0 Å². The van der Waals surface area contributed by atoms with Crippen LogP contribution in [0.25, 0.3) is 0 Å². The van der Waals surface area contributed by atoms with Crippen molar-refractivity contribution in [1.82, 2.24) is 5.32 Å². The van der Waals surface area contributed by atoms with Crippen LogP contribution in [-0.4, -0.2) is 35.5 Å². The number of amides is 3. The molecule has 0 aliphatic rings. The van der Waals surface area contributed by atoms with Crippen molar-refractivity contribution in [2.45, 2.75) is 38.6 Å². The number of carbonyl (C=O) groups is 3. The lowest BCUT2D eigenvalue weighted by atomic mass is 10.0. The molecule has 5 N–H and O–H groups in total. The molecule has 0 atom stereocenters. The highest BCUT2D eigenvalue weighted by atomic mass is 19.1. The Morgan fingerprint density at radius 2 is 1.96 bits per heavy atom. The molecule has 136 valence electrons. The number of benzene rings is 1. The van der Waals surface area contributed by atoms with Gasteiger partial charge in [0.15, 0.2) is 0 Å². The van der Waals surface area contributed by atoms with E-state index in [1.807, 2.05) is 0 Å². The summed E-state index contributed by atoms with van der Waals surface area (Å²) in [5, 5.41) is 2.45. The molecule has 3 amide bonds. The third-order valence-corrected chi connectivity index (χ3v) is 3.43. The third kappa shape index (κ3) is 6.80. The molecule has 7 nitrogen and oxygen atoms in total. The summed E-state index contributed by atoms with van der Waals surface area (Å²) in [4.78, 5) is 39.5. The van der Waals surface area contributed by atoms with Gasteiger partial charge in [-0.25, -0.2) is 9.38 Å². The van der Waals surface area contributed by atoms with E-state index in [0.717, 1.165) is 0 Å². The van der Waals surface area contributed by atoms with Crippen molar-refractivity contribution in [3.8, 4) is 0 Å². The Hall–Kier alpha value is -2.61. The second-order valence-corrected chi connectivity index (χ2v) is 6.09. The number of carbonyl (C=O) groups excluding carboxylic acids is 3. The van der Waals surface area contributed by atoms with Crippen LogP contribution in [0, 0.1) is 5.82 Å². The van der Waals surface area contributed by atoms with Crippen molar-refractivity contribution >= 4 is 23.4 Å². The van der Waals surface area contributed by atoms with Gasteiger partial charge in [0.2, 0.25) is 5.91 Å². The zero-order valence-electron chi connectivity index (χ0n) is 14.3. The van der Waals surface area contributed by atoms with E-state index in [-0.39, 0.29) is 18.6 Å². The first-order valence-electron chi connectivity index (χ1n) is 7.83. The molecule has 0 aliphatic heterocycles. The fraction of sp³-hybridized carbons (Fsp3) is 0.412. The van der Waals surface area contributed by atoms with E-state index in [4.69, 9.17) is 11.5 Å². The van der Waals surface area contributed by atoms with Gasteiger partial charge in [0.1, 0.15) is 17.1 Å². The van der Waals surface area contributed by atoms with E-state index in [1.54, 1.807) is 6.07 Å². The van der Waals surface area contributed by atoms with Gasteiger partial charge >= 0.3 is 0 Å². The van der Waals surface area contributed by atoms with Crippen LogP contribution in [0.15, 0.2) is 29.3 Å². The van der Waals surface area contributed by atoms with E-state index in [9.17, 15) is 18.8 Å². The molecule has 0 aliphatic carbocycles. The van der Waals surface area contributed by atoms with E-state index in [2.05, 4.69) is 10.3 Å². The van der Waals surface area contributed by atoms with Gasteiger partial charge in [-0.1, -0.05) is 12.1 Å². The van der Waals surface area contributed by atoms with Crippen molar-refractivity contribution in [3.05, 3.63) is 35.6 Å². The summed E-state index contributed by atoms with van der Waals surface area (Å²) in [6.45, 7) is 3.20. The van der Waals surface area contributed by atoms with E-state index in [0.29, 0.717) is 18.5 Å². The first kappa shape index (κ1) is 20.4. The predicted molar refractivity (Wildman–Crippen MR) is 92.3 cm³/mol. The summed E-state index contributed by atoms with van der Waals surface area (Å²) in [6, 6.07) is 5.57. The number of nitrogens with one attached hydrogen (secondary N) is 1. The Morgan fingerprint density at radius 1 is 1.28 bits per heavy atom. The van der Waals surface area contributed by atoms with Gasteiger partial charge in [0, 0.05) is 0 Å². The number of aliphatic imine (C=N–C) groups is 1. The molecule has 0 bridgehead atoms. The van der Waals surface area contributed by atoms with Crippen LogP contribution >= 0.6 is 0 Å². The number of primary amides is 1. The average molecular weight is 350 g/mol. The van der Waals surface area contributed by atoms with Gasteiger partial charge in [-0.2, -0.15) is 0 Å². The zero-order chi connectivity index (χ0) is 19.0. The Labute approximate surface area is 145 Å². The molecule has 0 aromatic heterocycles. The molecule has 25 heavy (non-hydrogen) atoms. The number of nitrogens with two attached hydrogens (primary N) is 2. The van der Waals surface area contributed by atoms with Crippen LogP contribution in [-0.2, 0) is 20.8 Å². The lowest BCUT2D eigenvalue weighted by Crippen LogP contribution is -2.54. The molecule has 0 saturated carbocycles. The average Bonchev–Trinajstić information content (AvgIpc) is 2.50. The first-order chi connectivity index (χ1) is 11.7. The molecule has 1 aromatic carbocycles. The molecule has 1 aromatic rings. The Balaban J connectivity index is 2.92. The Bertz CT molecular complexity index is 686. The van der Waals surface area contributed by atoms with Gasteiger partial charge in [-0.05, 0) is 50.9 Å². The molecule has 1 rings (SSSR count). The summed E-state index contributed by atoms with van der Waals surface area (Å²) in [5.41, 5.74) is 9.78. The number of rotatable bonds is 8. The van der Waals surface area contributed by atoms with Crippen molar-refractivity contribution in [1.29, 1.82) is 0 Å². The normalized spacial score (nSPS) is 11.9. The molecule has 0 radical (unpaired) electrons. The second kappa shape index (κ2) is 9.03. The molecule has 0 saturated heterocycles. The van der Waals surface area contributed by atoms with Gasteiger partial charge in [0.05, 0.1) is 6.42 Å². The Kier molecular flexibility index (Phi) is 7.38. The lowest BCUT2D eigenvalue weighted by molar-refractivity contribution is -0.127. The number of nitrogens with zero attached hydrogens (tertiary/aromatic N) is 1. The van der Waals surface area contributed by atoms with Crippen molar-refractivity contribution < 1.29 is 18.8 Å². The second-order valence-electron chi connectivity index (χ2n) is 6.09. The molecular weight excluding hydrogens is 327 g/mol. The van der Waals surface area contributed by atoms with E-state index in [1.165, 1.54) is 32.0 Å². The molecule has 0 fully saturated rings. The van der Waals surface area contributed by atoms with Gasteiger partial charge in [-0.15, -0.1) is 0 Å². The van der Waals surface area contributed by atoms with Gasteiger partial charge in [-0.3, -0.25) is 14.4 Å². The largest absolute Gasteiger partial charge is 0.368 e. The molecular formula is C17H23FN4O3. The standard InChI is InChI=1S/C17H23FN4O3/c1-17(2,16(20)25)22-15(24)13(7-4-8-19)21-14(23)10-11-5-3-6-12(18)9-11/h3,5-6,9H,4,7-8,10,19H2,1-2H3,(H2,20,25)(H,22,24). The topological polar surface area (TPSA) is 128 Å². The first-order valence-corrected chi connectivity index (χ1v) is 7.83. The minimum absolute atomic E-state index is 0.0406. The van der Waals surface area contributed by atoms with Gasteiger partial charge in [0.25, 0.3) is 11.8 Å². The van der Waals surface area contributed by atoms with Crippen molar-refractivity contribution in [3.63, 3.8) is 0 Å². The molecule has 8 heteroatoms. The minimum atomic E-state index is -1.29. The fourth-order valence-electron chi connectivity index (χ4n) is 1.92. The number of hydrogen-bond donors (Lipinski definition) is 3. The van der Waals surface area contributed by atoms with Crippen molar-refractivity contribution in [2.24, 2.45) is 16.5 Å². The van der Waals surface area contributed by atoms with E-state index >= 15 is 0 Å². The fourth-order valence-corrected chi connectivity index (χ4v) is 1.92. The van der Waals surface area contributed by atoms with E-state index < -0.39 is 29.1 Å². The van der Waals surface area contributed by atoms with Crippen LogP contribution in [0.1, 0.15) is 32.3 Å². The molecule has 0 heterocycles. The molecule has 0 spiro atoms. The summed E-state index contributed by atoms with van der Waals surface area (Å²) in [7, 11) is 0. The van der Waals surface area contributed by atoms with Crippen molar-refractivity contribution in [2.75, 3.05) is 6.54 Å². The van der Waals surface area contributed by atoms with Gasteiger partial charge < -0.3 is 16.8 Å². The Morgan fingerprint density at radius 3 is 2.52 bits per heavy atom. The summed E-state index contributed by atoms with van der Waals surface area (Å²) in [6.07, 6.45) is 0.471. The summed E-state index contributed by atoms with van der Waals surface area (Å²) < 4.78 is 13.2. The summed E-state index contributed by atoms with van der Waals surface area (Å²) in [5.74, 6) is -2.43. The smallest absolute Gasteiger partial charge is 0.266 e. The SMILES string of the molecule is CC(C)(NC(=O)C(CCCN)=NC(=O)Cc1cccc(F)c1)C(N)=O. The van der Waals surface area contributed by atoms with Crippen LogP contribution in [0.3, 0.4) is 0 Å². The predicted octanol–water partition coefficient (Wildman–Crippen LogP) is 0.455. The maximum atomic E-state index is 13.2. The number of halogens is 1. The number of hydrogen-bond acceptors (Lipinski definition) is 4. The highest BCUT2D eigenvalue weighted by Gasteiger charge is 2.28. The molecule has 0 unspecified atom stereocenters. The van der Waals surface area contributed by atoms with Crippen LogP contribution in [0.2, 0.25) is 0 Å². The monoisotopic (exact) mass is 350 g/mol. The summed E-state index contributed by atoms with van der Waals surface area (Å²) >= 11 is 0.